The molecule has 0 saturated heterocycles. The van der Waals surface area contributed by atoms with Gasteiger partial charge in [-0.05, 0) is 31.0 Å². The van der Waals surface area contributed by atoms with Crippen molar-refractivity contribution in [1.29, 1.82) is 0 Å². The van der Waals surface area contributed by atoms with E-state index in [1.807, 2.05) is 42.8 Å². The summed E-state index contributed by atoms with van der Waals surface area (Å²) in [6, 6.07) is 6.13. The average Bonchev–Trinajstić information content (AvgIpc) is 3.32. The lowest BCUT2D eigenvalue weighted by Gasteiger charge is -2.08. The van der Waals surface area contributed by atoms with Crippen LogP contribution in [0, 0.1) is 6.92 Å². The maximum absolute atomic E-state index is 12.9. The third-order valence-corrected chi connectivity index (χ3v) is 6.39. The van der Waals surface area contributed by atoms with Gasteiger partial charge in [-0.15, -0.1) is 11.3 Å². The standard InChI is InChI=1S/C21H21N3O3S2/c1-3-4-7-27-20(25)9-16-14-11-28-12-15(14)21(26)24(23-16)10-19-22-17-8-13(2)5-6-18(17)29-19/h5-6,8,11-12H,3-4,7,9-10H2,1-2H3. The lowest BCUT2D eigenvalue weighted by Crippen LogP contribution is -2.25. The summed E-state index contributed by atoms with van der Waals surface area (Å²) in [5.74, 6) is -0.320. The molecule has 0 spiro atoms. The number of fused-ring (bicyclic) bond motifs is 2. The van der Waals surface area contributed by atoms with Gasteiger partial charge in [-0.25, -0.2) is 9.67 Å². The Kier molecular flexibility index (Phi) is 5.73. The number of carbonyl (C=O) groups excluding carboxylic acids is 1. The molecule has 8 heteroatoms. The second-order valence-corrected chi connectivity index (χ2v) is 8.80. The second kappa shape index (κ2) is 8.42. The quantitative estimate of drug-likeness (QED) is 0.325. The van der Waals surface area contributed by atoms with Crippen LogP contribution in [0.1, 0.15) is 36.0 Å². The zero-order valence-electron chi connectivity index (χ0n) is 16.3. The number of thiazole rings is 1. The van der Waals surface area contributed by atoms with Crippen LogP contribution in [0.25, 0.3) is 21.0 Å². The van der Waals surface area contributed by atoms with Crippen LogP contribution in [-0.2, 0) is 22.5 Å². The molecule has 150 valence electrons. The molecule has 0 aliphatic rings. The minimum Gasteiger partial charge on any atom is -0.465 e. The number of unbranched alkanes of at least 4 members (excludes halogenated alkanes) is 1. The minimum atomic E-state index is -0.320. The fourth-order valence-electron chi connectivity index (χ4n) is 3.11. The molecule has 1 aromatic carbocycles. The van der Waals surface area contributed by atoms with Crippen molar-refractivity contribution in [3.63, 3.8) is 0 Å². The highest BCUT2D eigenvalue weighted by Gasteiger charge is 2.16. The molecule has 6 nitrogen and oxygen atoms in total. The van der Waals surface area contributed by atoms with Crippen LogP contribution >= 0.6 is 22.7 Å². The van der Waals surface area contributed by atoms with E-state index in [2.05, 4.69) is 10.1 Å². The molecule has 29 heavy (non-hydrogen) atoms. The Morgan fingerprint density at radius 3 is 2.90 bits per heavy atom. The molecule has 0 fully saturated rings. The topological polar surface area (TPSA) is 74.1 Å². The molecular weight excluding hydrogens is 406 g/mol. The number of esters is 1. The molecule has 0 aliphatic heterocycles. The Hall–Kier alpha value is -2.58. The normalized spacial score (nSPS) is 11.4. The summed E-state index contributed by atoms with van der Waals surface area (Å²) in [6.45, 7) is 4.76. The van der Waals surface area contributed by atoms with E-state index in [9.17, 15) is 9.59 Å². The first-order valence-corrected chi connectivity index (χ1v) is 11.3. The van der Waals surface area contributed by atoms with Gasteiger partial charge in [0.1, 0.15) is 5.01 Å². The predicted octanol–water partition coefficient (Wildman–Crippen LogP) is 4.31. The van der Waals surface area contributed by atoms with E-state index in [0.717, 1.165) is 39.0 Å². The molecule has 3 aromatic heterocycles. The van der Waals surface area contributed by atoms with Crippen LogP contribution in [-0.4, -0.2) is 27.3 Å². The summed E-state index contributed by atoms with van der Waals surface area (Å²) in [5, 5.41) is 10.3. The monoisotopic (exact) mass is 427 g/mol. The van der Waals surface area contributed by atoms with E-state index < -0.39 is 0 Å². The largest absolute Gasteiger partial charge is 0.465 e. The fourth-order valence-corrected chi connectivity index (χ4v) is 4.87. The smallest absolute Gasteiger partial charge is 0.311 e. The highest BCUT2D eigenvalue weighted by Crippen LogP contribution is 2.24. The van der Waals surface area contributed by atoms with Crippen LogP contribution in [0.4, 0.5) is 0 Å². The molecule has 0 aliphatic carbocycles. The summed E-state index contributed by atoms with van der Waals surface area (Å²) < 4.78 is 7.77. The molecule has 4 rings (SSSR count). The first kappa shape index (κ1) is 19.7. The first-order valence-electron chi connectivity index (χ1n) is 9.52. The van der Waals surface area contributed by atoms with Gasteiger partial charge >= 0.3 is 5.97 Å². The molecule has 0 N–H and O–H groups in total. The number of hydrogen-bond donors (Lipinski definition) is 0. The molecule has 3 heterocycles. The Morgan fingerprint density at radius 1 is 1.24 bits per heavy atom. The van der Waals surface area contributed by atoms with Crippen molar-refractivity contribution in [3.8, 4) is 0 Å². The summed E-state index contributed by atoms with van der Waals surface area (Å²) in [4.78, 5) is 29.7. The van der Waals surface area contributed by atoms with Crippen LogP contribution in [0.2, 0.25) is 0 Å². The number of nitrogens with zero attached hydrogens (tertiary/aromatic N) is 3. The van der Waals surface area contributed by atoms with E-state index in [1.165, 1.54) is 16.0 Å². The lowest BCUT2D eigenvalue weighted by molar-refractivity contribution is -0.143. The molecule has 0 bridgehead atoms. The predicted molar refractivity (Wildman–Crippen MR) is 117 cm³/mol. The molecule has 0 unspecified atom stereocenters. The van der Waals surface area contributed by atoms with E-state index in [-0.39, 0.29) is 24.5 Å². The number of aromatic nitrogens is 3. The minimum absolute atomic E-state index is 0.0519. The van der Waals surface area contributed by atoms with E-state index in [0.29, 0.717) is 17.7 Å². The van der Waals surface area contributed by atoms with Gasteiger partial charge in [0.2, 0.25) is 0 Å². The number of hydrogen-bond acceptors (Lipinski definition) is 7. The third-order valence-electron chi connectivity index (χ3n) is 4.62. The summed E-state index contributed by atoms with van der Waals surface area (Å²) >= 11 is 2.98. The zero-order valence-corrected chi connectivity index (χ0v) is 17.9. The molecule has 0 atom stereocenters. The number of rotatable bonds is 7. The van der Waals surface area contributed by atoms with Gasteiger partial charge in [-0.1, -0.05) is 19.4 Å². The van der Waals surface area contributed by atoms with Crippen LogP contribution in [0.5, 0.6) is 0 Å². The van der Waals surface area contributed by atoms with Crippen LogP contribution in [0.15, 0.2) is 33.8 Å². The van der Waals surface area contributed by atoms with Crippen molar-refractivity contribution in [3.05, 3.63) is 55.6 Å². The molecule has 0 amide bonds. The van der Waals surface area contributed by atoms with Crippen molar-refractivity contribution >= 4 is 49.6 Å². The molecular formula is C21H21N3O3S2. The fraction of sp³-hybridized carbons (Fsp3) is 0.333. The maximum Gasteiger partial charge on any atom is 0.311 e. The maximum atomic E-state index is 12.9. The third kappa shape index (κ3) is 4.23. The Bertz CT molecular complexity index is 1240. The Balaban J connectivity index is 1.65. The Labute approximate surface area is 175 Å². The van der Waals surface area contributed by atoms with Crippen LogP contribution < -0.4 is 5.56 Å². The lowest BCUT2D eigenvalue weighted by atomic mass is 10.2. The highest BCUT2D eigenvalue weighted by atomic mass is 32.1. The van der Waals surface area contributed by atoms with Gasteiger partial charge in [0.25, 0.3) is 5.56 Å². The van der Waals surface area contributed by atoms with Gasteiger partial charge in [-0.3, -0.25) is 9.59 Å². The Morgan fingerprint density at radius 2 is 2.07 bits per heavy atom. The van der Waals surface area contributed by atoms with Crippen molar-refractivity contribution in [2.45, 2.75) is 39.7 Å². The van der Waals surface area contributed by atoms with E-state index >= 15 is 0 Å². The molecule has 0 saturated carbocycles. The van der Waals surface area contributed by atoms with E-state index in [1.54, 1.807) is 11.3 Å². The summed E-state index contributed by atoms with van der Waals surface area (Å²) in [5.41, 5.74) is 2.47. The van der Waals surface area contributed by atoms with Gasteiger partial charge in [-0.2, -0.15) is 16.4 Å². The number of ether oxygens (including phenoxy) is 1. The van der Waals surface area contributed by atoms with Crippen molar-refractivity contribution < 1.29 is 9.53 Å². The van der Waals surface area contributed by atoms with Gasteiger partial charge < -0.3 is 4.74 Å². The van der Waals surface area contributed by atoms with Gasteiger partial charge in [0, 0.05) is 16.1 Å². The van der Waals surface area contributed by atoms with Crippen molar-refractivity contribution in [1.82, 2.24) is 14.8 Å². The first-order chi connectivity index (χ1) is 14.0. The second-order valence-electron chi connectivity index (χ2n) is 6.94. The molecule has 0 radical (unpaired) electrons. The number of aryl methyl sites for hydroxylation is 1. The summed E-state index contributed by atoms with van der Waals surface area (Å²) in [7, 11) is 0. The SMILES string of the molecule is CCCCOC(=O)Cc1nn(Cc2nc3cc(C)ccc3s2)c(=O)c2cscc12. The number of carbonyl (C=O) groups is 1. The van der Waals surface area contributed by atoms with Gasteiger partial charge in [0.05, 0.1) is 40.9 Å². The molecule has 4 aromatic rings. The van der Waals surface area contributed by atoms with Gasteiger partial charge in [0.15, 0.2) is 0 Å². The number of thiophene rings is 1. The van der Waals surface area contributed by atoms with Crippen molar-refractivity contribution in [2.75, 3.05) is 6.61 Å². The van der Waals surface area contributed by atoms with E-state index in [4.69, 9.17) is 4.74 Å². The highest BCUT2D eigenvalue weighted by molar-refractivity contribution is 7.18. The van der Waals surface area contributed by atoms with Crippen molar-refractivity contribution in [2.24, 2.45) is 0 Å². The average molecular weight is 428 g/mol. The van der Waals surface area contributed by atoms with Crippen LogP contribution in [0.3, 0.4) is 0 Å². The summed E-state index contributed by atoms with van der Waals surface area (Å²) in [6.07, 6.45) is 1.85. The number of benzene rings is 1. The zero-order chi connectivity index (χ0) is 20.4.